The second-order valence-electron chi connectivity index (χ2n) is 2.41. The van der Waals surface area contributed by atoms with E-state index in [1.807, 2.05) is 0 Å². The third-order valence-electron chi connectivity index (χ3n) is 1.51. The molecule has 0 unspecified atom stereocenters. The van der Waals surface area contributed by atoms with Crippen LogP contribution in [0.15, 0.2) is 0 Å². The molecule has 0 aliphatic carbocycles. The molecule has 0 aliphatic heterocycles. The van der Waals surface area contributed by atoms with E-state index in [2.05, 4.69) is 41.6 Å². The molecule has 0 N–H and O–H groups in total. The normalized spacial score (nSPS) is 11.3. The van der Waals surface area contributed by atoms with Crippen molar-refractivity contribution in [1.29, 1.82) is 0 Å². The van der Waals surface area contributed by atoms with Crippen LogP contribution >= 0.6 is 15.9 Å². The van der Waals surface area contributed by atoms with Gasteiger partial charge in [0.15, 0.2) is 0 Å². The van der Waals surface area contributed by atoms with E-state index in [0.717, 1.165) is 18.4 Å². The first-order chi connectivity index (χ1) is 4.22. The van der Waals surface area contributed by atoms with Gasteiger partial charge in [-0.05, 0) is 20.4 Å². The van der Waals surface area contributed by atoms with E-state index in [4.69, 9.17) is 0 Å². The molecule has 0 amide bonds. The fourth-order valence-corrected chi connectivity index (χ4v) is 1.35. The molecule has 0 atom stereocenters. The Bertz CT molecular complexity index is 63.9. The van der Waals surface area contributed by atoms with Gasteiger partial charge < -0.3 is 4.90 Å². The molecule has 0 saturated carbocycles. The van der Waals surface area contributed by atoms with Gasteiger partial charge in [-0.1, -0.05) is 22.9 Å². The first-order valence-corrected chi connectivity index (χ1v) is 4.64. The highest BCUT2D eigenvalue weighted by Gasteiger charge is 2.03. The van der Waals surface area contributed by atoms with E-state index in [9.17, 15) is 0 Å². The Kier molecular flexibility index (Phi) is 5.50. The average molecular weight is 194 g/mol. The van der Waals surface area contributed by atoms with Gasteiger partial charge in [0.1, 0.15) is 0 Å². The van der Waals surface area contributed by atoms with Crippen molar-refractivity contribution in [3.8, 4) is 0 Å². The monoisotopic (exact) mass is 193 g/mol. The van der Waals surface area contributed by atoms with Crippen molar-refractivity contribution in [2.24, 2.45) is 0 Å². The fraction of sp³-hybridized carbons (Fsp3) is 1.00. The van der Waals surface area contributed by atoms with E-state index in [1.54, 1.807) is 0 Å². The van der Waals surface area contributed by atoms with Gasteiger partial charge in [0.25, 0.3) is 0 Å². The highest BCUT2D eigenvalue weighted by Crippen LogP contribution is 1.97. The topological polar surface area (TPSA) is 3.24 Å². The molecule has 0 aromatic carbocycles. The van der Waals surface area contributed by atoms with Crippen LogP contribution in [-0.2, 0) is 0 Å². The molecular formula is C7H16BrN. The standard InChI is InChI=1S/C7H16BrN/c1-4-9(6-5-8)7(2)3/h7H,4-6H2,1-3H3. The predicted molar refractivity (Wildman–Crippen MR) is 46.2 cm³/mol. The lowest BCUT2D eigenvalue weighted by Crippen LogP contribution is -2.32. The van der Waals surface area contributed by atoms with Crippen LogP contribution in [0.2, 0.25) is 0 Å². The molecule has 0 fully saturated rings. The Balaban J connectivity index is 3.41. The zero-order valence-electron chi connectivity index (χ0n) is 6.52. The maximum Gasteiger partial charge on any atom is 0.0159 e. The summed E-state index contributed by atoms with van der Waals surface area (Å²) in [4.78, 5) is 2.43. The molecular weight excluding hydrogens is 178 g/mol. The molecule has 0 aromatic rings. The molecule has 0 bridgehead atoms. The highest BCUT2D eigenvalue weighted by molar-refractivity contribution is 9.09. The van der Waals surface area contributed by atoms with E-state index in [-0.39, 0.29) is 0 Å². The van der Waals surface area contributed by atoms with Gasteiger partial charge >= 0.3 is 0 Å². The third kappa shape index (κ3) is 3.93. The molecule has 1 nitrogen and oxygen atoms in total. The summed E-state index contributed by atoms with van der Waals surface area (Å²) < 4.78 is 0. The Labute approximate surface area is 66.6 Å². The molecule has 0 spiro atoms. The molecule has 0 aliphatic rings. The largest absolute Gasteiger partial charge is 0.300 e. The van der Waals surface area contributed by atoms with Crippen molar-refractivity contribution in [3.05, 3.63) is 0 Å². The molecule has 56 valence electrons. The summed E-state index contributed by atoms with van der Waals surface area (Å²) in [5, 5.41) is 1.08. The van der Waals surface area contributed by atoms with Gasteiger partial charge in [0, 0.05) is 17.9 Å². The molecule has 2 heteroatoms. The first kappa shape index (κ1) is 9.44. The maximum atomic E-state index is 3.42. The summed E-state index contributed by atoms with van der Waals surface area (Å²) in [6.07, 6.45) is 0. The second kappa shape index (κ2) is 5.24. The Morgan fingerprint density at radius 3 is 2.11 bits per heavy atom. The van der Waals surface area contributed by atoms with Crippen LogP contribution in [0.3, 0.4) is 0 Å². The summed E-state index contributed by atoms with van der Waals surface area (Å²) in [6, 6.07) is 0.688. The zero-order chi connectivity index (χ0) is 7.28. The number of nitrogens with zero attached hydrogens (tertiary/aromatic N) is 1. The van der Waals surface area contributed by atoms with Crippen LogP contribution in [-0.4, -0.2) is 29.4 Å². The summed E-state index contributed by atoms with van der Waals surface area (Å²) in [6.45, 7) is 8.97. The summed E-state index contributed by atoms with van der Waals surface area (Å²) >= 11 is 3.42. The minimum absolute atomic E-state index is 0.688. The van der Waals surface area contributed by atoms with Crippen molar-refractivity contribution in [1.82, 2.24) is 4.90 Å². The molecule has 0 aromatic heterocycles. The van der Waals surface area contributed by atoms with Crippen LogP contribution in [0.1, 0.15) is 20.8 Å². The van der Waals surface area contributed by atoms with Gasteiger partial charge in [0.2, 0.25) is 0 Å². The Morgan fingerprint density at radius 2 is 2.00 bits per heavy atom. The third-order valence-corrected chi connectivity index (χ3v) is 1.86. The van der Waals surface area contributed by atoms with Crippen LogP contribution in [0.5, 0.6) is 0 Å². The van der Waals surface area contributed by atoms with E-state index in [1.165, 1.54) is 0 Å². The predicted octanol–water partition coefficient (Wildman–Crippen LogP) is 2.11. The maximum absolute atomic E-state index is 3.42. The lowest BCUT2D eigenvalue weighted by Gasteiger charge is -2.23. The molecule has 0 heterocycles. The number of hydrogen-bond acceptors (Lipinski definition) is 1. The van der Waals surface area contributed by atoms with Crippen molar-refractivity contribution in [2.75, 3.05) is 18.4 Å². The highest BCUT2D eigenvalue weighted by atomic mass is 79.9. The quantitative estimate of drug-likeness (QED) is 0.619. The van der Waals surface area contributed by atoms with Gasteiger partial charge in [-0.25, -0.2) is 0 Å². The smallest absolute Gasteiger partial charge is 0.0159 e. The fourth-order valence-electron chi connectivity index (χ4n) is 0.890. The van der Waals surface area contributed by atoms with E-state index in [0.29, 0.717) is 6.04 Å². The first-order valence-electron chi connectivity index (χ1n) is 3.52. The summed E-state index contributed by atoms with van der Waals surface area (Å²) in [5.74, 6) is 0. The minimum Gasteiger partial charge on any atom is -0.300 e. The van der Waals surface area contributed by atoms with Crippen LogP contribution in [0, 0.1) is 0 Å². The van der Waals surface area contributed by atoms with E-state index >= 15 is 0 Å². The lowest BCUT2D eigenvalue weighted by atomic mass is 10.3. The summed E-state index contributed by atoms with van der Waals surface area (Å²) in [7, 11) is 0. The summed E-state index contributed by atoms with van der Waals surface area (Å²) in [5.41, 5.74) is 0. The number of alkyl halides is 1. The minimum atomic E-state index is 0.688. The van der Waals surface area contributed by atoms with Crippen molar-refractivity contribution in [3.63, 3.8) is 0 Å². The van der Waals surface area contributed by atoms with Crippen LogP contribution < -0.4 is 0 Å². The SMILES string of the molecule is CCN(CCBr)C(C)C. The van der Waals surface area contributed by atoms with E-state index < -0.39 is 0 Å². The van der Waals surface area contributed by atoms with Crippen LogP contribution in [0.25, 0.3) is 0 Å². The number of halogens is 1. The molecule has 0 radical (unpaired) electrons. The number of rotatable bonds is 4. The Morgan fingerprint density at radius 1 is 1.44 bits per heavy atom. The molecule has 0 rings (SSSR count). The molecule has 0 saturated heterocycles. The zero-order valence-corrected chi connectivity index (χ0v) is 8.11. The van der Waals surface area contributed by atoms with Gasteiger partial charge in [-0.3, -0.25) is 0 Å². The van der Waals surface area contributed by atoms with Gasteiger partial charge in [-0.2, -0.15) is 0 Å². The second-order valence-corrected chi connectivity index (χ2v) is 3.20. The van der Waals surface area contributed by atoms with Crippen molar-refractivity contribution >= 4 is 15.9 Å². The average Bonchev–Trinajstić information content (AvgIpc) is 1.82. The Hall–Kier alpha value is 0.440. The molecule has 9 heavy (non-hydrogen) atoms. The van der Waals surface area contributed by atoms with Crippen LogP contribution in [0.4, 0.5) is 0 Å². The van der Waals surface area contributed by atoms with Gasteiger partial charge in [0.05, 0.1) is 0 Å². The van der Waals surface area contributed by atoms with Crippen molar-refractivity contribution in [2.45, 2.75) is 26.8 Å². The lowest BCUT2D eigenvalue weighted by molar-refractivity contribution is 0.249. The number of hydrogen-bond donors (Lipinski definition) is 0. The van der Waals surface area contributed by atoms with Crippen molar-refractivity contribution < 1.29 is 0 Å². The van der Waals surface area contributed by atoms with Gasteiger partial charge in [-0.15, -0.1) is 0 Å².